The van der Waals surface area contributed by atoms with Crippen molar-refractivity contribution >= 4 is 0 Å². The minimum atomic E-state index is 0.585. The third-order valence-electron chi connectivity index (χ3n) is 2.51. The maximum atomic E-state index is 8.85. The second-order valence-corrected chi connectivity index (χ2v) is 3.80. The van der Waals surface area contributed by atoms with E-state index in [0.29, 0.717) is 5.56 Å². The van der Waals surface area contributed by atoms with Gasteiger partial charge in [-0.3, -0.25) is 4.98 Å². The molecule has 0 amide bonds. The first kappa shape index (κ1) is 11.3. The van der Waals surface area contributed by atoms with Crippen LogP contribution in [0.3, 0.4) is 0 Å². The van der Waals surface area contributed by atoms with Gasteiger partial charge in [-0.1, -0.05) is 18.2 Å². The summed E-state index contributed by atoms with van der Waals surface area (Å²) < 4.78 is 0. The molecule has 0 aliphatic heterocycles. The van der Waals surface area contributed by atoms with Crippen LogP contribution in [0.5, 0.6) is 0 Å². The first-order chi connectivity index (χ1) is 8.33. The smallest absolute Gasteiger partial charge is 0.101 e. The summed E-state index contributed by atoms with van der Waals surface area (Å²) in [5.41, 5.74) is 3.86. The minimum absolute atomic E-state index is 0.585. The molecule has 0 atom stereocenters. The lowest BCUT2D eigenvalue weighted by molar-refractivity contribution is 0.818. The van der Waals surface area contributed by atoms with E-state index in [0.717, 1.165) is 17.7 Å². The van der Waals surface area contributed by atoms with Gasteiger partial charge in [0.15, 0.2) is 0 Å². The maximum Gasteiger partial charge on any atom is 0.101 e. The van der Waals surface area contributed by atoms with Crippen LogP contribution in [0.15, 0.2) is 42.7 Å². The fraction of sp³-hybridized carbons (Fsp3) is 0.143. The van der Waals surface area contributed by atoms with E-state index in [9.17, 15) is 0 Å². The van der Waals surface area contributed by atoms with Crippen molar-refractivity contribution in [3.8, 4) is 17.2 Å². The number of nitrogens with one attached hydrogen (secondary N) is 1. The molecule has 0 aliphatic rings. The number of hydrogen-bond donors (Lipinski definition) is 1. The number of nitriles is 1. The summed E-state index contributed by atoms with van der Waals surface area (Å²) in [7, 11) is 1.92. The molecule has 0 bridgehead atoms. The molecule has 0 spiro atoms. The molecule has 1 aromatic carbocycles. The van der Waals surface area contributed by atoms with Crippen molar-refractivity contribution in [3.05, 3.63) is 53.9 Å². The molecule has 1 N–H and O–H groups in total. The van der Waals surface area contributed by atoms with Crippen LogP contribution in [0, 0.1) is 11.3 Å². The predicted octanol–water partition coefficient (Wildman–Crippen LogP) is 2.34. The van der Waals surface area contributed by atoms with Crippen molar-refractivity contribution in [3.63, 3.8) is 0 Å². The molecule has 0 saturated carbocycles. The van der Waals surface area contributed by atoms with Crippen molar-refractivity contribution in [1.29, 1.82) is 5.26 Å². The van der Waals surface area contributed by atoms with Gasteiger partial charge in [-0.05, 0) is 30.3 Å². The molecule has 2 aromatic rings. The first-order valence-corrected chi connectivity index (χ1v) is 5.42. The second-order valence-electron chi connectivity index (χ2n) is 3.80. The molecule has 0 unspecified atom stereocenters. The third kappa shape index (κ3) is 2.68. The topological polar surface area (TPSA) is 48.7 Å². The predicted molar refractivity (Wildman–Crippen MR) is 67.2 cm³/mol. The molecular formula is C14H13N3. The number of pyridine rings is 1. The Bertz CT molecular complexity index is 555. The van der Waals surface area contributed by atoms with Crippen LogP contribution in [0.4, 0.5) is 0 Å². The van der Waals surface area contributed by atoms with Crippen LogP contribution >= 0.6 is 0 Å². The Labute approximate surface area is 101 Å². The molecule has 3 nitrogen and oxygen atoms in total. The van der Waals surface area contributed by atoms with E-state index in [-0.39, 0.29) is 0 Å². The highest BCUT2D eigenvalue weighted by Crippen LogP contribution is 2.20. The highest BCUT2D eigenvalue weighted by atomic mass is 14.8. The lowest BCUT2D eigenvalue weighted by Crippen LogP contribution is -2.04. The van der Waals surface area contributed by atoms with E-state index in [1.54, 1.807) is 12.4 Å². The molecule has 17 heavy (non-hydrogen) atoms. The fourth-order valence-corrected chi connectivity index (χ4v) is 1.72. The number of hydrogen-bond acceptors (Lipinski definition) is 3. The summed E-state index contributed by atoms with van der Waals surface area (Å²) >= 11 is 0. The second kappa shape index (κ2) is 5.24. The number of nitrogens with zero attached hydrogens (tertiary/aromatic N) is 2. The molecule has 0 aliphatic carbocycles. The Morgan fingerprint density at radius 3 is 2.88 bits per heavy atom. The Morgan fingerprint density at radius 2 is 2.12 bits per heavy atom. The lowest BCUT2D eigenvalue weighted by atomic mass is 10.0. The average Bonchev–Trinajstić information content (AvgIpc) is 2.40. The molecule has 0 saturated heterocycles. The van der Waals surface area contributed by atoms with Gasteiger partial charge in [0.2, 0.25) is 0 Å². The zero-order chi connectivity index (χ0) is 12.1. The summed E-state index contributed by atoms with van der Waals surface area (Å²) in [5.74, 6) is 0. The van der Waals surface area contributed by atoms with E-state index in [4.69, 9.17) is 5.26 Å². The van der Waals surface area contributed by atoms with Gasteiger partial charge in [0.25, 0.3) is 0 Å². The van der Waals surface area contributed by atoms with Crippen LogP contribution in [0.25, 0.3) is 11.1 Å². The third-order valence-corrected chi connectivity index (χ3v) is 2.51. The van der Waals surface area contributed by atoms with E-state index >= 15 is 0 Å². The number of aromatic nitrogens is 1. The molecule has 1 aromatic heterocycles. The zero-order valence-electron chi connectivity index (χ0n) is 9.64. The van der Waals surface area contributed by atoms with Gasteiger partial charge >= 0.3 is 0 Å². The minimum Gasteiger partial charge on any atom is -0.316 e. The average molecular weight is 223 g/mol. The monoisotopic (exact) mass is 223 g/mol. The number of benzene rings is 1. The van der Waals surface area contributed by atoms with Crippen LogP contribution in [0.1, 0.15) is 11.1 Å². The Hall–Kier alpha value is -2.18. The molecule has 0 radical (unpaired) electrons. The van der Waals surface area contributed by atoms with Crippen LogP contribution in [-0.4, -0.2) is 12.0 Å². The van der Waals surface area contributed by atoms with Crippen molar-refractivity contribution in [2.45, 2.75) is 6.54 Å². The molecule has 1 heterocycles. The zero-order valence-corrected chi connectivity index (χ0v) is 9.64. The highest BCUT2D eigenvalue weighted by Gasteiger charge is 2.01. The van der Waals surface area contributed by atoms with Crippen molar-refractivity contribution in [2.24, 2.45) is 0 Å². The highest BCUT2D eigenvalue weighted by molar-refractivity contribution is 5.64. The largest absolute Gasteiger partial charge is 0.316 e. The summed E-state index contributed by atoms with van der Waals surface area (Å²) in [5, 5.41) is 12.0. The summed E-state index contributed by atoms with van der Waals surface area (Å²) in [6.45, 7) is 0.833. The van der Waals surface area contributed by atoms with Gasteiger partial charge in [0, 0.05) is 24.5 Å². The van der Waals surface area contributed by atoms with Gasteiger partial charge in [-0.2, -0.15) is 5.26 Å². The Kier molecular flexibility index (Phi) is 3.49. The summed E-state index contributed by atoms with van der Waals surface area (Å²) in [6.07, 6.45) is 3.35. The maximum absolute atomic E-state index is 8.85. The van der Waals surface area contributed by atoms with Crippen molar-refractivity contribution in [1.82, 2.24) is 10.3 Å². The Balaban J connectivity index is 2.39. The van der Waals surface area contributed by atoms with Gasteiger partial charge in [-0.25, -0.2) is 0 Å². The van der Waals surface area contributed by atoms with Crippen LogP contribution in [-0.2, 0) is 6.54 Å². The molecule has 84 valence electrons. The van der Waals surface area contributed by atoms with Crippen LogP contribution in [0.2, 0.25) is 0 Å². The van der Waals surface area contributed by atoms with E-state index in [1.165, 1.54) is 5.56 Å². The first-order valence-electron chi connectivity index (χ1n) is 5.42. The molecule has 2 rings (SSSR count). The number of rotatable bonds is 3. The standard InChI is InChI=1S/C14H13N3/c1-16-8-11-3-2-4-13(5-11)14-6-12(7-15)9-17-10-14/h2-6,9-10,16H,8H2,1H3. The van der Waals surface area contributed by atoms with Crippen LogP contribution < -0.4 is 5.32 Å². The summed E-state index contributed by atoms with van der Waals surface area (Å²) in [4.78, 5) is 4.07. The molecular weight excluding hydrogens is 210 g/mol. The normalized spacial score (nSPS) is 9.88. The molecule has 0 fully saturated rings. The van der Waals surface area contributed by atoms with Gasteiger partial charge in [0.05, 0.1) is 5.56 Å². The van der Waals surface area contributed by atoms with Gasteiger partial charge in [0.1, 0.15) is 6.07 Å². The van der Waals surface area contributed by atoms with E-state index in [1.807, 2.05) is 25.2 Å². The van der Waals surface area contributed by atoms with Crippen molar-refractivity contribution < 1.29 is 0 Å². The van der Waals surface area contributed by atoms with Gasteiger partial charge < -0.3 is 5.32 Å². The van der Waals surface area contributed by atoms with Crippen molar-refractivity contribution in [2.75, 3.05) is 7.05 Å². The van der Waals surface area contributed by atoms with Gasteiger partial charge in [-0.15, -0.1) is 0 Å². The quantitative estimate of drug-likeness (QED) is 0.868. The fourth-order valence-electron chi connectivity index (χ4n) is 1.72. The van der Waals surface area contributed by atoms with E-state index in [2.05, 4.69) is 28.5 Å². The summed E-state index contributed by atoms with van der Waals surface area (Å²) in [6, 6.07) is 12.2. The SMILES string of the molecule is CNCc1cccc(-c2cncc(C#N)c2)c1. The Morgan fingerprint density at radius 1 is 1.24 bits per heavy atom. The van der Waals surface area contributed by atoms with E-state index < -0.39 is 0 Å². The molecule has 3 heteroatoms. The lowest BCUT2D eigenvalue weighted by Gasteiger charge is -2.05.